The predicted molar refractivity (Wildman–Crippen MR) is 85.9 cm³/mol. The Morgan fingerprint density at radius 2 is 1.36 bits per heavy atom. The van der Waals surface area contributed by atoms with Gasteiger partial charge >= 0.3 is 0 Å². The van der Waals surface area contributed by atoms with Crippen molar-refractivity contribution in [2.24, 2.45) is 0 Å². The van der Waals surface area contributed by atoms with Gasteiger partial charge in [-0.1, -0.05) is 0 Å². The number of carbonyl (C=O) groups is 2. The van der Waals surface area contributed by atoms with Crippen LogP contribution in [0.3, 0.4) is 0 Å². The molecule has 0 spiro atoms. The van der Waals surface area contributed by atoms with E-state index in [1.807, 2.05) is 0 Å². The fraction of sp³-hybridized carbons (Fsp3) is 0.0667. The summed E-state index contributed by atoms with van der Waals surface area (Å²) in [6.07, 6.45) is 0. The molecule has 0 aliphatic carbocycles. The van der Waals surface area contributed by atoms with Crippen LogP contribution < -0.4 is 10.9 Å². The van der Waals surface area contributed by atoms with E-state index in [-0.39, 0.29) is 22.5 Å². The fourth-order valence-electron chi connectivity index (χ4n) is 1.99. The molecule has 0 bridgehead atoms. The topological polar surface area (TPSA) is 144 Å². The van der Waals surface area contributed by atoms with E-state index >= 15 is 0 Å². The Bertz CT molecular complexity index is 863. The third kappa shape index (κ3) is 4.13. The summed E-state index contributed by atoms with van der Waals surface area (Å²) >= 11 is 0. The molecule has 0 aliphatic rings. The van der Waals surface area contributed by atoms with Gasteiger partial charge in [-0.2, -0.15) is 0 Å². The Morgan fingerprint density at radius 3 is 1.84 bits per heavy atom. The summed E-state index contributed by atoms with van der Waals surface area (Å²) < 4.78 is 0. The molecule has 25 heavy (non-hydrogen) atoms. The van der Waals surface area contributed by atoms with Crippen LogP contribution >= 0.6 is 0 Å². The van der Waals surface area contributed by atoms with E-state index in [0.29, 0.717) is 5.56 Å². The maximum Gasteiger partial charge on any atom is 0.272 e. The van der Waals surface area contributed by atoms with E-state index in [2.05, 4.69) is 10.9 Å². The van der Waals surface area contributed by atoms with Gasteiger partial charge in [-0.25, -0.2) is 0 Å². The maximum absolute atomic E-state index is 12.0. The molecule has 0 heterocycles. The van der Waals surface area contributed by atoms with Crippen molar-refractivity contribution in [2.75, 3.05) is 0 Å². The van der Waals surface area contributed by atoms with Crippen LogP contribution in [0.2, 0.25) is 0 Å². The van der Waals surface area contributed by atoms with Crippen molar-refractivity contribution in [3.8, 4) is 0 Å². The number of nitro benzene ring substituents is 2. The summed E-state index contributed by atoms with van der Waals surface area (Å²) in [5.74, 6) is -1.32. The van der Waals surface area contributed by atoms with Gasteiger partial charge in [0.2, 0.25) is 0 Å². The third-order valence-corrected chi connectivity index (χ3v) is 3.29. The number of amides is 2. The minimum absolute atomic E-state index is 0.116. The molecule has 0 aliphatic heterocycles. The van der Waals surface area contributed by atoms with Gasteiger partial charge in [0.25, 0.3) is 23.2 Å². The van der Waals surface area contributed by atoms with Crippen molar-refractivity contribution < 1.29 is 19.4 Å². The first kappa shape index (κ1) is 17.5. The van der Waals surface area contributed by atoms with Crippen LogP contribution in [0.4, 0.5) is 11.4 Å². The molecule has 2 rings (SSSR count). The van der Waals surface area contributed by atoms with Gasteiger partial charge in [0, 0.05) is 34.9 Å². The maximum atomic E-state index is 12.0. The molecule has 2 aromatic carbocycles. The number of non-ortho nitro benzene ring substituents is 1. The monoisotopic (exact) mass is 344 g/mol. The first-order valence-electron chi connectivity index (χ1n) is 6.90. The van der Waals surface area contributed by atoms with Crippen LogP contribution in [0.15, 0.2) is 42.5 Å². The normalized spacial score (nSPS) is 9.96. The van der Waals surface area contributed by atoms with E-state index in [4.69, 9.17) is 0 Å². The highest BCUT2D eigenvalue weighted by atomic mass is 16.6. The number of nitrogens with zero attached hydrogens (tertiary/aromatic N) is 2. The summed E-state index contributed by atoms with van der Waals surface area (Å²) in [4.78, 5) is 44.0. The zero-order valence-electron chi connectivity index (χ0n) is 12.9. The van der Waals surface area contributed by atoms with E-state index in [9.17, 15) is 29.8 Å². The Balaban J connectivity index is 2.01. The lowest BCUT2D eigenvalue weighted by Crippen LogP contribution is -2.41. The van der Waals surface area contributed by atoms with Gasteiger partial charge in [0.05, 0.1) is 9.85 Å². The van der Waals surface area contributed by atoms with Crippen molar-refractivity contribution in [3.05, 3.63) is 79.4 Å². The molecular formula is C15H12N4O6. The van der Waals surface area contributed by atoms with Crippen molar-refractivity contribution in [1.82, 2.24) is 10.9 Å². The summed E-state index contributed by atoms with van der Waals surface area (Å²) in [5.41, 5.74) is 4.60. The second-order valence-electron chi connectivity index (χ2n) is 4.97. The smallest absolute Gasteiger partial charge is 0.267 e. The molecule has 0 fully saturated rings. The molecule has 2 N–H and O–H groups in total. The quantitative estimate of drug-likeness (QED) is 0.640. The molecule has 128 valence electrons. The Labute approximate surface area is 140 Å². The summed E-state index contributed by atoms with van der Waals surface area (Å²) in [7, 11) is 0. The first-order valence-corrected chi connectivity index (χ1v) is 6.90. The largest absolute Gasteiger partial charge is 0.272 e. The molecule has 0 aromatic heterocycles. The molecular weight excluding hydrogens is 332 g/mol. The molecule has 10 nitrogen and oxygen atoms in total. The number of hydrogen-bond acceptors (Lipinski definition) is 6. The standard InChI is InChI=1S/C15H12N4O6/c1-9-8-11(4-7-13(9)19(24)25)15(21)17-16-14(20)10-2-5-12(6-3-10)18(22)23/h2-8H,1H3,(H,16,20)(H,17,21). The van der Waals surface area contributed by atoms with E-state index in [0.717, 1.165) is 12.1 Å². The van der Waals surface area contributed by atoms with Crippen LogP contribution in [-0.2, 0) is 0 Å². The van der Waals surface area contributed by atoms with Gasteiger partial charge in [-0.05, 0) is 31.2 Å². The van der Waals surface area contributed by atoms with Gasteiger partial charge in [0.1, 0.15) is 0 Å². The van der Waals surface area contributed by atoms with Crippen molar-refractivity contribution in [3.63, 3.8) is 0 Å². The Kier molecular flexibility index (Phi) is 5.03. The fourth-order valence-corrected chi connectivity index (χ4v) is 1.99. The van der Waals surface area contributed by atoms with Crippen LogP contribution in [0.5, 0.6) is 0 Å². The average molecular weight is 344 g/mol. The molecule has 0 unspecified atom stereocenters. The highest BCUT2D eigenvalue weighted by Gasteiger charge is 2.15. The van der Waals surface area contributed by atoms with Gasteiger partial charge in [-0.15, -0.1) is 0 Å². The molecule has 10 heteroatoms. The van der Waals surface area contributed by atoms with E-state index < -0.39 is 21.7 Å². The summed E-state index contributed by atoms with van der Waals surface area (Å²) in [6, 6.07) is 8.60. The molecule has 0 saturated carbocycles. The predicted octanol–water partition coefficient (Wildman–Crippen LogP) is 1.89. The number of rotatable bonds is 4. The molecule has 0 saturated heterocycles. The number of carbonyl (C=O) groups excluding carboxylic acids is 2. The zero-order valence-corrected chi connectivity index (χ0v) is 12.9. The van der Waals surface area contributed by atoms with Crippen LogP contribution in [-0.4, -0.2) is 21.7 Å². The van der Waals surface area contributed by atoms with Crippen molar-refractivity contribution in [1.29, 1.82) is 0 Å². The number of nitrogens with one attached hydrogen (secondary N) is 2. The van der Waals surface area contributed by atoms with Crippen LogP contribution in [0.1, 0.15) is 26.3 Å². The number of hydrazine groups is 1. The van der Waals surface area contributed by atoms with Gasteiger partial charge < -0.3 is 0 Å². The molecule has 2 aromatic rings. The third-order valence-electron chi connectivity index (χ3n) is 3.29. The molecule has 0 radical (unpaired) electrons. The average Bonchev–Trinajstić information content (AvgIpc) is 2.58. The molecule has 2 amide bonds. The first-order chi connectivity index (χ1) is 11.8. The van der Waals surface area contributed by atoms with E-state index in [1.165, 1.54) is 37.3 Å². The molecule has 0 atom stereocenters. The minimum Gasteiger partial charge on any atom is -0.267 e. The number of benzene rings is 2. The number of hydrogen-bond donors (Lipinski definition) is 2. The van der Waals surface area contributed by atoms with E-state index in [1.54, 1.807) is 0 Å². The number of aryl methyl sites for hydroxylation is 1. The highest BCUT2D eigenvalue weighted by molar-refractivity contribution is 5.99. The summed E-state index contributed by atoms with van der Waals surface area (Å²) in [6.45, 7) is 1.49. The Morgan fingerprint density at radius 1 is 0.840 bits per heavy atom. The second-order valence-corrected chi connectivity index (χ2v) is 4.97. The summed E-state index contributed by atoms with van der Waals surface area (Å²) in [5, 5.41) is 21.3. The van der Waals surface area contributed by atoms with Crippen molar-refractivity contribution in [2.45, 2.75) is 6.92 Å². The zero-order chi connectivity index (χ0) is 18.6. The lowest BCUT2D eigenvalue weighted by Gasteiger charge is -2.08. The SMILES string of the molecule is Cc1cc(C(=O)NNC(=O)c2ccc([N+](=O)[O-])cc2)ccc1[N+](=O)[O-]. The minimum atomic E-state index is -0.665. The lowest BCUT2D eigenvalue weighted by atomic mass is 10.1. The van der Waals surface area contributed by atoms with Gasteiger partial charge in [0.15, 0.2) is 0 Å². The van der Waals surface area contributed by atoms with Crippen LogP contribution in [0.25, 0.3) is 0 Å². The Hall–Kier alpha value is -3.82. The van der Waals surface area contributed by atoms with Crippen molar-refractivity contribution >= 4 is 23.2 Å². The second kappa shape index (κ2) is 7.17. The number of nitro groups is 2. The van der Waals surface area contributed by atoms with Crippen LogP contribution in [0, 0.1) is 27.2 Å². The van der Waals surface area contributed by atoms with Gasteiger partial charge in [-0.3, -0.25) is 40.7 Å². The lowest BCUT2D eigenvalue weighted by molar-refractivity contribution is -0.385. The highest BCUT2D eigenvalue weighted by Crippen LogP contribution is 2.18.